The first kappa shape index (κ1) is 17.5. The third-order valence-electron chi connectivity index (χ3n) is 3.60. The van der Waals surface area contributed by atoms with Gasteiger partial charge in [0.2, 0.25) is 0 Å². The number of carboxylic acid groups (broad SMARTS) is 1. The highest BCUT2D eigenvalue weighted by atomic mass is 79.9. The molecule has 2 rings (SSSR count). The molecule has 3 nitrogen and oxygen atoms in total. The molecule has 0 fully saturated rings. The summed E-state index contributed by atoms with van der Waals surface area (Å²) in [5, 5.41) is 9.07. The molecule has 0 aromatic heterocycles. The van der Waals surface area contributed by atoms with Crippen LogP contribution in [0.1, 0.15) is 47.8 Å². The van der Waals surface area contributed by atoms with Crippen LogP contribution in [0, 0.1) is 6.92 Å². The maximum Gasteiger partial charge on any atom is 0.335 e. The smallest absolute Gasteiger partial charge is 0.335 e. The standard InChI is InChI=1S/C19H21BrO3/c1-12-8-15(20)10-16(19(2,3)4)17(12)23-11-13-6-5-7-14(9-13)18(21)22/h5-10H,11H2,1-4H3,(H,21,22). The lowest BCUT2D eigenvalue weighted by Gasteiger charge is -2.25. The first-order valence-electron chi connectivity index (χ1n) is 7.44. The van der Waals surface area contributed by atoms with E-state index >= 15 is 0 Å². The van der Waals surface area contributed by atoms with E-state index in [4.69, 9.17) is 9.84 Å². The minimum absolute atomic E-state index is 0.0488. The van der Waals surface area contributed by atoms with E-state index in [1.807, 2.05) is 19.1 Å². The molecule has 0 heterocycles. The Morgan fingerprint density at radius 3 is 2.52 bits per heavy atom. The number of aryl methyl sites for hydroxylation is 1. The summed E-state index contributed by atoms with van der Waals surface area (Å²) in [6.07, 6.45) is 0. The first-order valence-corrected chi connectivity index (χ1v) is 8.23. The highest BCUT2D eigenvalue weighted by Crippen LogP contribution is 2.36. The van der Waals surface area contributed by atoms with Crippen LogP contribution in [-0.4, -0.2) is 11.1 Å². The first-order chi connectivity index (χ1) is 10.7. The van der Waals surface area contributed by atoms with Gasteiger partial charge in [0.1, 0.15) is 12.4 Å². The van der Waals surface area contributed by atoms with Crippen LogP contribution < -0.4 is 4.74 Å². The van der Waals surface area contributed by atoms with Crippen molar-refractivity contribution >= 4 is 21.9 Å². The Bertz CT molecular complexity index is 730. The van der Waals surface area contributed by atoms with Crippen LogP contribution in [-0.2, 0) is 12.0 Å². The summed E-state index contributed by atoms with van der Waals surface area (Å²) >= 11 is 3.54. The van der Waals surface area contributed by atoms with Gasteiger partial charge in [-0.1, -0.05) is 48.8 Å². The van der Waals surface area contributed by atoms with E-state index in [9.17, 15) is 4.79 Å². The van der Waals surface area contributed by atoms with E-state index < -0.39 is 5.97 Å². The topological polar surface area (TPSA) is 46.5 Å². The van der Waals surface area contributed by atoms with Gasteiger partial charge in [-0.3, -0.25) is 0 Å². The Hall–Kier alpha value is -1.81. The van der Waals surface area contributed by atoms with Gasteiger partial charge in [-0.25, -0.2) is 4.79 Å². The molecule has 2 aromatic carbocycles. The molecule has 0 bridgehead atoms. The molecule has 1 N–H and O–H groups in total. The normalized spacial score (nSPS) is 11.3. The summed E-state index contributed by atoms with van der Waals surface area (Å²) < 4.78 is 7.08. The van der Waals surface area contributed by atoms with Crippen molar-refractivity contribution in [2.75, 3.05) is 0 Å². The predicted octanol–water partition coefficient (Wildman–Crippen LogP) is 5.33. The second-order valence-corrected chi connectivity index (χ2v) is 7.56. The quantitative estimate of drug-likeness (QED) is 0.783. The average molecular weight is 377 g/mol. The minimum atomic E-state index is -0.929. The Morgan fingerprint density at radius 1 is 1.22 bits per heavy atom. The van der Waals surface area contributed by atoms with E-state index in [-0.39, 0.29) is 11.0 Å². The molecular weight excluding hydrogens is 356 g/mol. The zero-order valence-corrected chi connectivity index (χ0v) is 15.4. The van der Waals surface area contributed by atoms with E-state index in [0.717, 1.165) is 26.9 Å². The fourth-order valence-electron chi connectivity index (χ4n) is 2.43. The zero-order chi connectivity index (χ0) is 17.2. The Balaban J connectivity index is 2.30. The molecule has 2 aromatic rings. The van der Waals surface area contributed by atoms with E-state index in [1.165, 1.54) is 0 Å². The van der Waals surface area contributed by atoms with Crippen molar-refractivity contribution in [2.45, 2.75) is 39.7 Å². The van der Waals surface area contributed by atoms with Crippen LogP contribution in [0.2, 0.25) is 0 Å². The maximum atomic E-state index is 11.1. The van der Waals surface area contributed by atoms with Crippen LogP contribution in [0.3, 0.4) is 0 Å². The van der Waals surface area contributed by atoms with Gasteiger partial charge in [0.25, 0.3) is 0 Å². The molecule has 0 saturated heterocycles. The number of benzene rings is 2. The Labute approximate surface area is 145 Å². The summed E-state index contributed by atoms with van der Waals surface area (Å²) in [4.78, 5) is 11.1. The third-order valence-corrected chi connectivity index (χ3v) is 4.06. The van der Waals surface area contributed by atoms with Crippen LogP contribution in [0.25, 0.3) is 0 Å². The monoisotopic (exact) mass is 376 g/mol. The molecule has 0 radical (unpaired) electrons. The molecule has 0 aliphatic carbocycles. The second-order valence-electron chi connectivity index (χ2n) is 6.64. The largest absolute Gasteiger partial charge is 0.488 e. The van der Waals surface area contributed by atoms with Crippen molar-refractivity contribution in [3.8, 4) is 5.75 Å². The number of aromatic carboxylic acids is 1. The number of ether oxygens (including phenoxy) is 1. The van der Waals surface area contributed by atoms with E-state index in [0.29, 0.717) is 6.61 Å². The number of rotatable bonds is 4. The molecular formula is C19H21BrO3. The van der Waals surface area contributed by atoms with Crippen molar-refractivity contribution in [1.29, 1.82) is 0 Å². The summed E-state index contributed by atoms with van der Waals surface area (Å²) in [6.45, 7) is 8.79. The van der Waals surface area contributed by atoms with Gasteiger partial charge in [-0.15, -0.1) is 0 Å². The number of hydrogen-bond acceptors (Lipinski definition) is 2. The molecule has 0 unspecified atom stereocenters. The molecule has 0 atom stereocenters. The Morgan fingerprint density at radius 2 is 1.91 bits per heavy atom. The predicted molar refractivity (Wildman–Crippen MR) is 95.3 cm³/mol. The molecule has 0 aliphatic rings. The molecule has 4 heteroatoms. The van der Waals surface area contributed by atoms with Crippen molar-refractivity contribution in [3.05, 3.63) is 63.1 Å². The van der Waals surface area contributed by atoms with Gasteiger partial charge in [-0.2, -0.15) is 0 Å². The number of carbonyl (C=O) groups is 1. The Kier molecular flexibility index (Phi) is 5.15. The van der Waals surface area contributed by atoms with Crippen LogP contribution in [0.15, 0.2) is 40.9 Å². The van der Waals surface area contributed by atoms with Gasteiger partial charge in [0.05, 0.1) is 5.56 Å². The number of carboxylic acids is 1. The summed E-state index contributed by atoms with van der Waals surface area (Å²) in [5.41, 5.74) is 3.24. The van der Waals surface area contributed by atoms with Gasteiger partial charge in [0.15, 0.2) is 0 Å². The zero-order valence-electron chi connectivity index (χ0n) is 13.8. The number of halogens is 1. The minimum Gasteiger partial charge on any atom is -0.488 e. The van der Waals surface area contributed by atoms with Gasteiger partial charge in [-0.05, 0) is 47.7 Å². The average Bonchev–Trinajstić information content (AvgIpc) is 2.45. The van der Waals surface area contributed by atoms with E-state index in [1.54, 1.807) is 18.2 Å². The third kappa shape index (κ3) is 4.35. The van der Waals surface area contributed by atoms with Gasteiger partial charge < -0.3 is 9.84 Å². The summed E-state index contributed by atoms with van der Waals surface area (Å²) in [6, 6.07) is 10.9. The lowest BCUT2D eigenvalue weighted by Crippen LogP contribution is -2.14. The molecule has 0 amide bonds. The number of hydrogen-bond donors (Lipinski definition) is 1. The highest BCUT2D eigenvalue weighted by molar-refractivity contribution is 9.10. The SMILES string of the molecule is Cc1cc(Br)cc(C(C)(C)C)c1OCc1cccc(C(=O)O)c1. The maximum absolute atomic E-state index is 11.1. The van der Waals surface area contributed by atoms with Crippen molar-refractivity contribution in [3.63, 3.8) is 0 Å². The molecule has 0 aliphatic heterocycles. The van der Waals surface area contributed by atoms with Gasteiger partial charge >= 0.3 is 5.97 Å². The van der Waals surface area contributed by atoms with Crippen LogP contribution in [0.4, 0.5) is 0 Å². The second kappa shape index (κ2) is 6.75. The van der Waals surface area contributed by atoms with E-state index in [2.05, 4.69) is 42.8 Å². The van der Waals surface area contributed by atoms with Crippen molar-refractivity contribution in [1.82, 2.24) is 0 Å². The van der Waals surface area contributed by atoms with Crippen LogP contribution in [0.5, 0.6) is 5.75 Å². The lowest BCUT2D eigenvalue weighted by molar-refractivity contribution is 0.0696. The fraction of sp³-hybridized carbons (Fsp3) is 0.316. The highest BCUT2D eigenvalue weighted by Gasteiger charge is 2.21. The van der Waals surface area contributed by atoms with Crippen molar-refractivity contribution in [2.24, 2.45) is 0 Å². The summed E-state index contributed by atoms with van der Waals surface area (Å²) in [5.74, 6) is -0.0662. The van der Waals surface area contributed by atoms with Gasteiger partial charge in [0, 0.05) is 10.0 Å². The fourth-order valence-corrected chi connectivity index (χ4v) is 3.00. The van der Waals surface area contributed by atoms with Crippen LogP contribution >= 0.6 is 15.9 Å². The molecule has 122 valence electrons. The molecule has 0 spiro atoms. The summed E-state index contributed by atoms with van der Waals surface area (Å²) in [7, 11) is 0. The van der Waals surface area contributed by atoms with Crippen molar-refractivity contribution < 1.29 is 14.6 Å². The molecule has 0 saturated carbocycles. The lowest BCUT2D eigenvalue weighted by atomic mass is 9.85. The molecule has 23 heavy (non-hydrogen) atoms.